The molecule has 2 N–H and O–H groups in total. The van der Waals surface area contributed by atoms with Crippen molar-refractivity contribution in [1.82, 2.24) is 30.1 Å². The van der Waals surface area contributed by atoms with Crippen molar-refractivity contribution in [1.29, 1.82) is 0 Å². The van der Waals surface area contributed by atoms with Crippen LogP contribution in [0.5, 0.6) is 0 Å². The summed E-state index contributed by atoms with van der Waals surface area (Å²) in [7, 11) is 1.90. The van der Waals surface area contributed by atoms with E-state index in [0.29, 0.717) is 35.8 Å². The molecule has 1 fully saturated rings. The van der Waals surface area contributed by atoms with E-state index in [4.69, 9.17) is 0 Å². The molecule has 0 saturated carbocycles. The first-order valence-electron chi connectivity index (χ1n) is 10.7. The zero-order valence-electron chi connectivity index (χ0n) is 18.0. The molecule has 1 aromatic carbocycles. The Morgan fingerprint density at radius 2 is 2.00 bits per heavy atom. The van der Waals surface area contributed by atoms with Crippen LogP contribution in [0.3, 0.4) is 0 Å². The minimum Gasteiger partial charge on any atom is -0.367 e. The Balaban J connectivity index is 1.43. The van der Waals surface area contributed by atoms with Crippen LogP contribution in [-0.4, -0.2) is 76.3 Å². The van der Waals surface area contributed by atoms with Gasteiger partial charge in [0, 0.05) is 51.2 Å². The highest BCUT2D eigenvalue weighted by molar-refractivity contribution is 5.76. The summed E-state index contributed by atoms with van der Waals surface area (Å²) in [5.41, 5.74) is 0.886. The summed E-state index contributed by atoms with van der Waals surface area (Å²) in [4.78, 5) is 10.8. The van der Waals surface area contributed by atoms with Gasteiger partial charge in [-0.2, -0.15) is 15.2 Å². The Morgan fingerprint density at radius 1 is 1.19 bits per heavy atom. The maximum atomic E-state index is 15.3. The first-order valence-corrected chi connectivity index (χ1v) is 10.7. The number of hydrogen-bond donors (Lipinski definition) is 2. The monoisotopic (exact) mass is 441 g/mol. The second-order valence-electron chi connectivity index (χ2n) is 8.12. The van der Waals surface area contributed by atoms with Crippen molar-refractivity contribution in [3.63, 3.8) is 0 Å². The lowest BCUT2D eigenvalue weighted by atomic mass is 10.1. The minimum atomic E-state index is -0.600. The van der Waals surface area contributed by atoms with E-state index >= 15 is 4.39 Å². The Labute approximate surface area is 184 Å². The van der Waals surface area contributed by atoms with Crippen LogP contribution >= 0.6 is 0 Å². The lowest BCUT2D eigenvalue weighted by Gasteiger charge is -2.30. The van der Waals surface area contributed by atoms with Crippen molar-refractivity contribution in [3.8, 4) is 0 Å². The average Bonchev–Trinajstić information content (AvgIpc) is 3.35. The maximum absolute atomic E-state index is 15.3. The molecule has 0 aliphatic carbocycles. The molecule has 2 aromatic heterocycles. The van der Waals surface area contributed by atoms with Gasteiger partial charge in [0.05, 0.1) is 35.9 Å². The Kier molecular flexibility index (Phi) is 5.33. The molecule has 4 heterocycles. The average molecular weight is 441 g/mol. The highest BCUT2D eigenvalue weighted by Crippen LogP contribution is 2.26. The van der Waals surface area contributed by atoms with E-state index < -0.39 is 11.6 Å². The van der Waals surface area contributed by atoms with Gasteiger partial charge >= 0.3 is 0 Å². The molecular weight excluding hydrogens is 416 g/mol. The van der Waals surface area contributed by atoms with Gasteiger partial charge in [-0.05, 0) is 19.1 Å². The molecule has 0 bridgehead atoms. The summed E-state index contributed by atoms with van der Waals surface area (Å²) in [6, 6.07) is 2.93. The number of hydrogen-bond acceptors (Lipinski definition) is 8. The lowest BCUT2D eigenvalue weighted by Crippen LogP contribution is -2.44. The predicted molar refractivity (Wildman–Crippen MR) is 119 cm³/mol. The number of benzene rings is 1. The number of likely N-dealkylation sites (N-methyl/N-ethyl adjacent to an activating group) is 1. The third-order valence-corrected chi connectivity index (χ3v) is 6.12. The second kappa shape index (κ2) is 8.30. The minimum absolute atomic E-state index is 0.0303. The third kappa shape index (κ3) is 3.72. The molecule has 0 amide bonds. The van der Waals surface area contributed by atoms with Crippen LogP contribution in [-0.2, 0) is 6.54 Å². The molecule has 2 aliphatic heterocycles. The van der Waals surface area contributed by atoms with Gasteiger partial charge in [-0.25, -0.2) is 18.4 Å². The summed E-state index contributed by atoms with van der Waals surface area (Å²) < 4.78 is 31.5. The van der Waals surface area contributed by atoms with Crippen LogP contribution in [0.4, 0.5) is 20.4 Å². The van der Waals surface area contributed by atoms with E-state index in [9.17, 15) is 4.39 Å². The Morgan fingerprint density at radius 3 is 2.75 bits per heavy atom. The number of anilines is 2. The van der Waals surface area contributed by atoms with Crippen molar-refractivity contribution < 1.29 is 8.78 Å². The number of halogens is 2. The normalized spacial score (nSPS) is 21.0. The smallest absolute Gasteiger partial charge is 0.225 e. The van der Waals surface area contributed by atoms with Gasteiger partial charge in [0.2, 0.25) is 5.95 Å². The number of hydrazone groups is 1. The van der Waals surface area contributed by atoms with E-state index in [1.807, 2.05) is 30.1 Å². The summed E-state index contributed by atoms with van der Waals surface area (Å²) in [6.45, 7) is 4.86. The van der Waals surface area contributed by atoms with E-state index in [1.165, 1.54) is 16.8 Å². The molecule has 2 aliphatic rings. The van der Waals surface area contributed by atoms with Crippen molar-refractivity contribution >= 4 is 28.9 Å². The summed E-state index contributed by atoms with van der Waals surface area (Å²) in [6.07, 6.45) is 5.06. The van der Waals surface area contributed by atoms with Gasteiger partial charge in [-0.3, -0.25) is 5.01 Å². The van der Waals surface area contributed by atoms with Gasteiger partial charge in [0.25, 0.3) is 0 Å². The molecule has 168 valence electrons. The number of piperazine rings is 1. The zero-order valence-corrected chi connectivity index (χ0v) is 18.0. The van der Waals surface area contributed by atoms with Crippen molar-refractivity contribution in [2.75, 3.05) is 43.4 Å². The highest BCUT2D eigenvalue weighted by atomic mass is 19.1. The summed E-state index contributed by atoms with van der Waals surface area (Å²) in [5, 5.41) is 17.6. The van der Waals surface area contributed by atoms with Gasteiger partial charge in [-0.15, -0.1) is 0 Å². The van der Waals surface area contributed by atoms with E-state index in [0.717, 1.165) is 13.1 Å². The predicted octanol–water partition coefficient (Wildman–Crippen LogP) is 1.66. The zero-order chi connectivity index (χ0) is 22.2. The molecular formula is C21H25F2N9. The largest absolute Gasteiger partial charge is 0.367 e. The summed E-state index contributed by atoms with van der Waals surface area (Å²) in [5.74, 6) is -0.744. The van der Waals surface area contributed by atoms with E-state index in [1.54, 1.807) is 12.4 Å². The molecule has 0 radical (unpaired) electrons. The second-order valence-corrected chi connectivity index (χ2v) is 8.12. The van der Waals surface area contributed by atoms with Gasteiger partial charge in [-0.1, -0.05) is 0 Å². The van der Waals surface area contributed by atoms with Crippen molar-refractivity contribution in [3.05, 3.63) is 41.7 Å². The van der Waals surface area contributed by atoms with E-state index in [2.05, 4.69) is 30.8 Å². The van der Waals surface area contributed by atoms with E-state index in [-0.39, 0.29) is 24.2 Å². The van der Waals surface area contributed by atoms with Crippen LogP contribution in [0.15, 0.2) is 29.6 Å². The fraction of sp³-hybridized carbons (Fsp3) is 0.429. The fourth-order valence-corrected chi connectivity index (χ4v) is 4.03. The molecule has 1 saturated heterocycles. The van der Waals surface area contributed by atoms with Crippen LogP contribution < -0.4 is 15.5 Å². The molecule has 11 heteroatoms. The molecule has 2 unspecified atom stereocenters. The van der Waals surface area contributed by atoms with Crippen LogP contribution in [0.2, 0.25) is 0 Å². The summed E-state index contributed by atoms with van der Waals surface area (Å²) >= 11 is 0. The first-order chi connectivity index (χ1) is 15.5. The van der Waals surface area contributed by atoms with Gasteiger partial charge < -0.3 is 15.5 Å². The molecule has 9 nitrogen and oxygen atoms in total. The van der Waals surface area contributed by atoms with Gasteiger partial charge in [0.1, 0.15) is 5.82 Å². The number of fused-ring (bicyclic) bond motifs is 1. The Bertz CT molecular complexity index is 1160. The quantitative estimate of drug-likeness (QED) is 0.623. The number of aromatic nitrogens is 4. The number of rotatable bonds is 5. The van der Waals surface area contributed by atoms with Crippen LogP contribution in [0.25, 0.3) is 11.0 Å². The molecule has 2 atom stereocenters. The maximum Gasteiger partial charge on any atom is 0.225 e. The standard InChI is InChI=1S/C21H25F2N9/c1-13-17(11-26-30(13)2)28-21-25-9-14-10-27-32(20(14)29-21)12-15-16(22)3-4-18(19(15)23)31-7-5-24-6-8-31/h3-4,9-11,13,17,24H,5-8,12H2,1-2H3,(H,25,28,29). The Hall–Kier alpha value is -3.34. The SMILES string of the molecule is CC1C(Nc2ncc3cnn(Cc4c(F)ccc(N5CCNCC5)c4F)c3n2)C=NN1C. The first kappa shape index (κ1) is 20.6. The number of nitrogens with zero attached hydrogens (tertiary/aromatic N) is 7. The molecule has 5 rings (SSSR count). The topological polar surface area (TPSA) is 86.5 Å². The van der Waals surface area contributed by atoms with Crippen LogP contribution in [0.1, 0.15) is 12.5 Å². The molecule has 0 spiro atoms. The van der Waals surface area contributed by atoms with Gasteiger partial charge in [0.15, 0.2) is 11.5 Å². The van der Waals surface area contributed by atoms with Crippen molar-refractivity contribution in [2.45, 2.75) is 25.6 Å². The fourth-order valence-electron chi connectivity index (χ4n) is 4.03. The lowest BCUT2D eigenvalue weighted by molar-refractivity contribution is 0.294. The number of nitrogens with one attached hydrogen (secondary N) is 2. The molecule has 3 aromatic rings. The highest BCUT2D eigenvalue weighted by Gasteiger charge is 2.25. The third-order valence-electron chi connectivity index (χ3n) is 6.12. The molecule has 32 heavy (non-hydrogen) atoms. The van der Waals surface area contributed by atoms with Crippen molar-refractivity contribution in [2.24, 2.45) is 5.10 Å². The van der Waals surface area contributed by atoms with Crippen LogP contribution in [0, 0.1) is 11.6 Å².